The normalized spacial score (nSPS) is 12.0. The van der Waals surface area contributed by atoms with E-state index in [0.717, 1.165) is 27.6 Å². The molecule has 254 valence electrons. The highest BCUT2D eigenvalue weighted by Crippen LogP contribution is 2.46. The number of hydrogen-bond donors (Lipinski definition) is 0. The van der Waals surface area contributed by atoms with Crippen LogP contribution in [-0.2, 0) is 0 Å². The summed E-state index contributed by atoms with van der Waals surface area (Å²) >= 11 is 0. The van der Waals surface area contributed by atoms with Crippen LogP contribution >= 0.6 is 0 Å². The molecule has 10 aromatic carbocycles. The van der Waals surface area contributed by atoms with Crippen LogP contribution in [0.3, 0.4) is 0 Å². The fourth-order valence-electron chi connectivity index (χ4n) is 9.16. The predicted molar refractivity (Wildman–Crippen MR) is 234 cm³/mol. The van der Waals surface area contributed by atoms with Gasteiger partial charge in [-0.2, -0.15) is 0 Å². The molecule has 2 heteroatoms. The van der Waals surface area contributed by atoms with Crippen LogP contribution in [0, 0.1) is 0 Å². The lowest BCUT2D eigenvalue weighted by molar-refractivity contribution is 1.31. The summed E-state index contributed by atoms with van der Waals surface area (Å²) in [4.78, 5) is 5.10. The van der Waals surface area contributed by atoms with Crippen molar-refractivity contribution in [2.75, 3.05) is 0 Å². The molecule has 0 saturated carbocycles. The molecular weight excluding hydrogens is 665 g/mol. The lowest BCUT2D eigenvalue weighted by Gasteiger charge is -2.19. The van der Waals surface area contributed by atoms with Gasteiger partial charge in [0, 0.05) is 10.8 Å². The Morgan fingerprint density at radius 1 is 0.291 bits per heavy atom. The lowest BCUT2D eigenvalue weighted by atomic mass is 9.84. The molecule has 0 amide bonds. The second kappa shape index (κ2) is 11.6. The highest BCUT2D eigenvalue weighted by atomic mass is 15.0. The number of pyridine rings is 1. The first kappa shape index (κ1) is 30.2. The third-order valence-electron chi connectivity index (χ3n) is 11.7. The Bertz CT molecular complexity index is 3550. The summed E-state index contributed by atoms with van der Waals surface area (Å²) in [7, 11) is 0. The first-order chi connectivity index (χ1) is 27.3. The van der Waals surface area contributed by atoms with Crippen molar-refractivity contribution in [3.8, 4) is 33.4 Å². The standard InChI is InChI=1S/C53H32N2/c1-3-13-35-29-39(23-21-33(35)11-1)51-42-16-6-7-17-43(42)52(40-24-22-34-12-2-4-14-36(34)30-40)47-32-37(25-27-44(47)51)38-26-28-49-46(31-38)41-15-5-8-18-45(41)53-54-48-19-9-10-20-50(48)55(49)53/h1-32H. The molecule has 2 aromatic heterocycles. The molecule has 55 heavy (non-hydrogen) atoms. The van der Waals surface area contributed by atoms with Crippen LogP contribution in [0.2, 0.25) is 0 Å². The van der Waals surface area contributed by atoms with Crippen molar-refractivity contribution in [3.05, 3.63) is 194 Å². The first-order valence-corrected chi connectivity index (χ1v) is 19.0. The fraction of sp³-hybridized carbons (Fsp3) is 0. The summed E-state index contributed by atoms with van der Waals surface area (Å²) in [5.74, 6) is 0. The molecule has 0 aliphatic rings. The van der Waals surface area contributed by atoms with E-state index in [2.05, 4.69) is 199 Å². The molecule has 0 atom stereocenters. The van der Waals surface area contributed by atoms with Gasteiger partial charge >= 0.3 is 0 Å². The highest BCUT2D eigenvalue weighted by Gasteiger charge is 2.19. The molecule has 0 N–H and O–H groups in total. The lowest BCUT2D eigenvalue weighted by Crippen LogP contribution is -1.93. The van der Waals surface area contributed by atoms with E-state index in [-0.39, 0.29) is 0 Å². The summed E-state index contributed by atoms with van der Waals surface area (Å²) in [5, 5.41) is 13.6. The van der Waals surface area contributed by atoms with E-state index < -0.39 is 0 Å². The van der Waals surface area contributed by atoms with Crippen LogP contribution < -0.4 is 0 Å². The van der Waals surface area contributed by atoms with Gasteiger partial charge in [-0.15, -0.1) is 0 Å². The number of benzene rings is 10. The van der Waals surface area contributed by atoms with Gasteiger partial charge in [-0.3, -0.25) is 4.40 Å². The molecule has 12 aromatic rings. The molecule has 2 heterocycles. The largest absolute Gasteiger partial charge is 0.292 e. The number of hydrogen-bond acceptors (Lipinski definition) is 1. The molecule has 0 aliphatic carbocycles. The maximum absolute atomic E-state index is 5.10. The van der Waals surface area contributed by atoms with Gasteiger partial charge < -0.3 is 0 Å². The maximum Gasteiger partial charge on any atom is 0.146 e. The molecule has 0 bridgehead atoms. The van der Waals surface area contributed by atoms with Gasteiger partial charge in [-0.1, -0.05) is 152 Å². The number of para-hydroxylation sites is 2. The number of aromatic nitrogens is 2. The van der Waals surface area contributed by atoms with Crippen molar-refractivity contribution < 1.29 is 0 Å². The number of imidazole rings is 1. The number of fused-ring (bicyclic) bond motifs is 12. The van der Waals surface area contributed by atoms with Crippen molar-refractivity contribution in [2.45, 2.75) is 0 Å². The second-order valence-electron chi connectivity index (χ2n) is 14.7. The van der Waals surface area contributed by atoms with Crippen LogP contribution in [0.15, 0.2) is 194 Å². The smallest absolute Gasteiger partial charge is 0.146 e. The van der Waals surface area contributed by atoms with E-state index in [1.165, 1.54) is 87.2 Å². The summed E-state index contributed by atoms with van der Waals surface area (Å²) < 4.78 is 2.33. The van der Waals surface area contributed by atoms with Crippen molar-refractivity contribution in [1.29, 1.82) is 0 Å². The van der Waals surface area contributed by atoms with E-state index in [1.54, 1.807) is 0 Å². The zero-order valence-electron chi connectivity index (χ0n) is 29.9. The van der Waals surface area contributed by atoms with Gasteiger partial charge in [-0.05, 0) is 124 Å². The average Bonchev–Trinajstić information content (AvgIpc) is 3.65. The molecule has 0 aliphatic heterocycles. The minimum absolute atomic E-state index is 0.996. The molecule has 2 nitrogen and oxygen atoms in total. The Balaban J connectivity index is 1.17. The van der Waals surface area contributed by atoms with Crippen LogP contribution in [0.5, 0.6) is 0 Å². The Kier molecular flexibility index (Phi) is 6.37. The monoisotopic (exact) mass is 696 g/mol. The van der Waals surface area contributed by atoms with E-state index in [0.29, 0.717) is 0 Å². The third kappa shape index (κ3) is 4.52. The highest BCUT2D eigenvalue weighted by molar-refractivity contribution is 6.23. The fourth-order valence-corrected chi connectivity index (χ4v) is 9.16. The van der Waals surface area contributed by atoms with Crippen LogP contribution in [-0.4, -0.2) is 9.38 Å². The van der Waals surface area contributed by atoms with Gasteiger partial charge in [0.2, 0.25) is 0 Å². The second-order valence-corrected chi connectivity index (χ2v) is 14.7. The van der Waals surface area contributed by atoms with E-state index in [4.69, 9.17) is 4.98 Å². The van der Waals surface area contributed by atoms with Crippen molar-refractivity contribution >= 4 is 81.4 Å². The molecular formula is C53H32N2. The Morgan fingerprint density at radius 3 is 1.47 bits per heavy atom. The minimum Gasteiger partial charge on any atom is -0.292 e. The summed E-state index contributed by atoms with van der Waals surface area (Å²) in [6.45, 7) is 0. The minimum atomic E-state index is 0.996. The van der Waals surface area contributed by atoms with Crippen LogP contribution in [0.4, 0.5) is 0 Å². The zero-order valence-corrected chi connectivity index (χ0v) is 29.9. The maximum atomic E-state index is 5.10. The molecule has 0 radical (unpaired) electrons. The zero-order chi connectivity index (χ0) is 36.0. The third-order valence-corrected chi connectivity index (χ3v) is 11.7. The van der Waals surface area contributed by atoms with Crippen molar-refractivity contribution in [3.63, 3.8) is 0 Å². The number of rotatable bonds is 3. The van der Waals surface area contributed by atoms with Gasteiger partial charge in [0.25, 0.3) is 0 Å². The Hall–Kier alpha value is -7.29. The molecule has 0 fully saturated rings. The summed E-state index contributed by atoms with van der Waals surface area (Å²) in [5.41, 5.74) is 11.7. The van der Waals surface area contributed by atoms with Crippen LogP contribution in [0.1, 0.15) is 0 Å². The SMILES string of the molecule is c1ccc2cc(-c3c4ccccc4c(-c4ccc5ccccc5c4)c4cc(-c5ccc6c(c5)c5ccccc5c5nc7ccccc7n65)ccc34)ccc2c1. The van der Waals surface area contributed by atoms with Gasteiger partial charge in [-0.25, -0.2) is 4.98 Å². The first-order valence-electron chi connectivity index (χ1n) is 19.0. The van der Waals surface area contributed by atoms with Crippen molar-refractivity contribution in [1.82, 2.24) is 9.38 Å². The molecule has 0 unspecified atom stereocenters. The van der Waals surface area contributed by atoms with Gasteiger partial charge in [0.05, 0.1) is 16.6 Å². The van der Waals surface area contributed by atoms with E-state index in [9.17, 15) is 0 Å². The summed E-state index contributed by atoms with van der Waals surface area (Å²) in [6, 6.07) is 71.3. The average molecular weight is 697 g/mol. The van der Waals surface area contributed by atoms with E-state index in [1.807, 2.05) is 0 Å². The molecule has 0 saturated heterocycles. The molecule has 0 spiro atoms. The Labute approximate surface area is 317 Å². The Morgan fingerprint density at radius 2 is 0.782 bits per heavy atom. The van der Waals surface area contributed by atoms with Gasteiger partial charge in [0.15, 0.2) is 0 Å². The van der Waals surface area contributed by atoms with Crippen LogP contribution in [0.25, 0.3) is 115 Å². The van der Waals surface area contributed by atoms with E-state index >= 15 is 0 Å². The van der Waals surface area contributed by atoms with Gasteiger partial charge in [0.1, 0.15) is 5.65 Å². The topological polar surface area (TPSA) is 17.3 Å². The number of nitrogens with zero attached hydrogens (tertiary/aromatic N) is 2. The molecule has 12 rings (SSSR count). The quantitative estimate of drug-likeness (QED) is 0.133. The predicted octanol–water partition coefficient (Wildman–Crippen LogP) is 14.4. The summed E-state index contributed by atoms with van der Waals surface area (Å²) in [6.07, 6.45) is 0. The van der Waals surface area contributed by atoms with Crippen molar-refractivity contribution in [2.24, 2.45) is 0 Å².